The lowest BCUT2D eigenvalue weighted by Crippen LogP contribution is -1.92. The molecule has 0 saturated heterocycles. The summed E-state index contributed by atoms with van der Waals surface area (Å²) in [6.45, 7) is 3.49. The Bertz CT molecular complexity index is 503. The quantitative estimate of drug-likeness (QED) is 0.815. The number of anilines is 1. The van der Waals surface area contributed by atoms with Crippen LogP contribution < -0.4 is 5.73 Å². The SMILES string of the molecule is Cc1ccc(C(C)F)cc1-c1cn[nH]c1N. The van der Waals surface area contributed by atoms with E-state index in [1.54, 1.807) is 12.3 Å². The molecule has 1 aromatic heterocycles. The molecule has 0 bridgehead atoms. The molecule has 1 unspecified atom stereocenters. The first-order chi connectivity index (χ1) is 7.59. The van der Waals surface area contributed by atoms with E-state index >= 15 is 0 Å². The molecule has 1 heterocycles. The second-order valence-electron chi connectivity index (χ2n) is 3.89. The molecule has 1 aromatic carbocycles. The zero-order chi connectivity index (χ0) is 11.7. The molecule has 16 heavy (non-hydrogen) atoms. The molecule has 3 N–H and O–H groups in total. The standard InChI is InChI=1S/C12H14FN3/c1-7-3-4-9(8(2)13)5-10(7)11-6-15-16-12(11)14/h3-6,8H,1-2H3,(H3,14,15,16). The maximum Gasteiger partial charge on any atom is 0.126 e. The van der Waals surface area contributed by atoms with Crippen molar-refractivity contribution in [2.45, 2.75) is 20.0 Å². The number of aromatic amines is 1. The lowest BCUT2D eigenvalue weighted by Gasteiger charge is -2.08. The summed E-state index contributed by atoms with van der Waals surface area (Å²) in [6.07, 6.45) is 0.678. The number of hydrogen-bond donors (Lipinski definition) is 2. The zero-order valence-electron chi connectivity index (χ0n) is 9.29. The Morgan fingerprint density at radius 1 is 1.38 bits per heavy atom. The molecule has 0 aliphatic heterocycles. The number of aromatic nitrogens is 2. The highest BCUT2D eigenvalue weighted by molar-refractivity contribution is 5.76. The predicted octanol–water partition coefficient (Wildman–Crippen LogP) is 3.00. The number of halogens is 1. The molecule has 0 spiro atoms. The first-order valence-electron chi connectivity index (χ1n) is 5.13. The van der Waals surface area contributed by atoms with Gasteiger partial charge in [0, 0.05) is 5.56 Å². The topological polar surface area (TPSA) is 54.7 Å². The van der Waals surface area contributed by atoms with E-state index in [1.165, 1.54) is 6.92 Å². The van der Waals surface area contributed by atoms with Crippen LogP contribution in [0.25, 0.3) is 11.1 Å². The number of nitrogens with two attached hydrogens (primary N) is 1. The van der Waals surface area contributed by atoms with Crippen molar-refractivity contribution >= 4 is 5.82 Å². The normalized spacial score (nSPS) is 12.7. The molecule has 0 saturated carbocycles. The van der Waals surface area contributed by atoms with Crippen molar-refractivity contribution in [3.8, 4) is 11.1 Å². The fourth-order valence-corrected chi connectivity index (χ4v) is 1.69. The predicted molar refractivity (Wildman–Crippen MR) is 62.7 cm³/mol. The Morgan fingerprint density at radius 2 is 2.12 bits per heavy atom. The van der Waals surface area contributed by atoms with Crippen molar-refractivity contribution in [1.29, 1.82) is 0 Å². The highest BCUT2D eigenvalue weighted by Crippen LogP contribution is 2.30. The smallest absolute Gasteiger partial charge is 0.126 e. The van der Waals surface area contributed by atoms with Gasteiger partial charge in [-0.15, -0.1) is 0 Å². The third-order valence-corrected chi connectivity index (χ3v) is 2.68. The maximum absolute atomic E-state index is 13.2. The van der Waals surface area contributed by atoms with E-state index < -0.39 is 6.17 Å². The van der Waals surface area contributed by atoms with Gasteiger partial charge in [0.15, 0.2) is 0 Å². The summed E-state index contributed by atoms with van der Waals surface area (Å²) in [7, 11) is 0. The van der Waals surface area contributed by atoms with Gasteiger partial charge in [0.05, 0.1) is 6.20 Å². The summed E-state index contributed by atoms with van der Waals surface area (Å²) in [5.74, 6) is 0.506. The first-order valence-corrected chi connectivity index (χ1v) is 5.13. The minimum absolute atomic E-state index is 0.506. The molecule has 0 fully saturated rings. The van der Waals surface area contributed by atoms with Gasteiger partial charge < -0.3 is 5.73 Å². The number of nitrogens with zero attached hydrogens (tertiary/aromatic N) is 1. The van der Waals surface area contributed by atoms with Gasteiger partial charge in [-0.3, -0.25) is 5.10 Å². The van der Waals surface area contributed by atoms with Gasteiger partial charge in [0.2, 0.25) is 0 Å². The van der Waals surface area contributed by atoms with Gasteiger partial charge in [-0.05, 0) is 36.6 Å². The first kappa shape index (κ1) is 10.7. The van der Waals surface area contributed by atoms with Crippen LogP contribution in [0.1, 0.15) is 24.2 Å². The zero-order valence-corrected chi connectivity index (χ0v) is 9.29. The fraction of sp³-hybridized carbons (Fsp3) is 0.250. The Balaban J connectivity index is 2.56. The Morgan fingerprint density at radius 3 is 2.69 bits per heavy atom. The summed E-state index contributed by atoms with van der Waals surface area (Å²) in [6, 6.07) is 5.51. The van der Waals surface area contributed by atoms with Crippen LogP contribution in [0.15, 0.2) is 24.4 Å². The Kier molecular flexibility index (Phi) is 2.64. The molecule has 3 nitrogen and oxygen atoms in total. The van der Waals surface area contributed by atoms with E-state index in [2.05, 4.69) is 10.2 Å². The molecular formula is C12H14FN3. The lowest BCUT2D eigenvalue weighted by molar-refractivity contribution is 0.374. The van der Waals surface area contributed by atoms with Gasteiger partial charge in [0.25, 0.3) is 0 Å². The molecule has 0 amide bonds. The van der Waals surface area contributed by atoms with Crippen molar-refractivity contribution in [3.05, 3.63) is 35.5 Å². The van der Waals surface area contributed by atoms with Crippen molar-refractivity contribution in [1.82, 2.24) is 10.2 Å². The van der Waals surface area contributed by atoms with Gasteiger partial charge in [-0.1, -0.05) is 12.1 Å². The third kappa shape index (κ3) is 1.78. The second kappa shape index (κ2) is 3.96. The van der Waals surface area contributed by atoms with Gasteiger partial charge in [0.1, 0.15) is 12.0 Å². The molecule has 2 aromatic rings. The van der Waals surface area contributed by atoms with Crippen LogP contribution >= 0.6 is 0 Å². The molecule has 0 radical (unpaired) electrons. The van der Waals surface area contributed by atoms with Gasteiger partial charge in [-0.2, -0.15) is 5.10 Å². The third-order valence-electron chi connectivity index (χ3n) is 2.68. The molecule has 0 aliphatic carbocycles. The molecule has 2 rings (SSSR count). The number of benzene rings is 1. The largest absolute Gasteiger partial charge is 0.384 e. The van der Waals surface area contributed by atoms with Crippen molar-refractivity contribution < 1.29 is 4.39 Å². The van der Waals surface area contributed by atoms with Crippen LogP contribution in [0.4, 0.5) is 10.2 Å². The van der Waals surface area contributed by atoms with Crippen LogP contribution in [-0.4, -0.2) is 10.2 Å². The van der Waals surface area contributed by atoms with Crippen LogP contribution in [0.2, 0.25) is 0 Å². The summed E-state index contributed by atoms with van der Waals surface area (Å²) in [4.78, 5) is 0. The summed E-state index contributed by atoms with van der Waals surface area (Å²) >= 11 is 0. The average Bonchev–Trinajstić information content (AvgIpc) is 2.65. The van der Waals surface area contributed by atoms with Gasteiger partial charge >= 0.3 is 0 Å². The summed E-state index contributed by atoms with van der Waals surface area (Å²) in [5.41, 5.74) is 9.21. The monoisotopic (exact) mass is 219 g/mol. The minimum atomic E-state index is -0.979. The van der Waals surface area contributed by atoms with Crippen molar-refractivity contribution in [3.63, 3.8) is 0 Å². The molecule has 0 aliphatic rings. The lowest BCUT2D eigenvalue weighted by atomic mass is 9.98. The van der Waals surface area contributed by atoms with E-state index in [1.807, 2.05) is 19.1 Å². The van der Waals surface area contributed by atoms with E-state index in [0.717, 1.165) is 16.7 Å². The van der Waals surface area contributed by atoms with Crippen LogP contribution in [0.3, 0.4) is 0 Å². The second-order valence-corrected chi connectivity index (χ2v) is 3.89. The van der Waals surface area contributed by atoms with E-state index in [0.29, 0.717) is 11.4 Å². The van der Waals surface area contributed by atoms with Crippen LogP contribution in [0.5, 0.6) is 0 Å². The summed E-state index contributed by atoms with van der Waals surface area (Å²) < 4.78 is 13.2. The van der Waals surface area contributed by atoms with E-state index in [-0.39, 0.29) is 0 Å². The van der Waals surface area contributed by atoms with Crippen molar-refractivity contribution in [2.24, 2.45) is 0 Å². The number of rotatable bonds is 2. The average molecular weight is 219 g/mol. The number of H-pyrrole nitrogens is 1. The highest BCUT2D eigenvalue weighted by atomic mass is 19.1. The molecule has 4 heteroatoms. The number of hydrogen-bond acceptors (Lipinski definition) is 2. The Hall–Kier alpha value is -1.84. The molecule has 84 valence electrons. The van der Waals surface area contributed by atoms with Crippen LogP contribution in [0, 0.1) is 6.92 Å². The maximum atomic E-state index is 13.2. The summed E-state index contributed by atoms with van der Waals surface area (Å²) in [5, 5.41) is 6.55. The molecular weight excluding hydrogens is 205 g/mol. The van der Waals surface area contributed by atoms with Gasteiger partial charge in [-0.25, -0.2) is 4.39 Å². The van der Waals surface area contributed by atoms with Crippen molar-refractivity contribution in [2.75, 3.05) is 5.73 Å². The minimum Gasteiger partial charge on any atom is -0.384 e. The fourth-order valence-electron chi connectivity index (χ4n) is 1.69. The number of alkyl halides is 1. The number of nitrogen functional groups attached to an aromatic ring is 1. The highest BCUT2D eigenvalue weighted by Gasteiger charge is 2.10. The van der Waals surface area contributed by atoms with E-state index in [4.69, 9.17) is 5.73 Å². The molecule has 1 atom stereocenters. The Labute approximate surface area is 93.5 Å². The number of aryl methyl sites for hydroxylation is 1. The van der Waals surface area contributed by atoms with E-state index in [9.17, 15) is 4.39 Å². The number of nitrogens with one attached hydrogen (secondary N) is 1. The van der Waals surface area contributed by atoms with Crippen LogP contribution in [-0.2, 0) is 0 Å².